The Hall–Kier alpha value is -1.71. The number of benzene rings is 1. The molecule has 0 bridgehead atoms. The van der Waals surface area contributed by atoms with Crippen molar-refractivity contribution in [3.8, 4) is 0 Å². The number of para-hydroxylation sites is 2. The van der Waals surface area contributed by atoms with E-state index in [1.54, 1.807) is 4.90 Å². The van der Waals surface area contributed by atoms with Crippen LogP contribution in [0.1, 0.15) is 0 Å². The topological polar surface area (TPSA) is 49.6 Å². The molecule has 0 unspecified atom stereocenters. The quantitative estimate of drug-likeness (QED) is 0.681. The molecule has 0 spiro atoms. The molecule has 0 atom stereocenters. The summed E-state index contributed by atoms with van der Waals surface area (Å²) in [6.07, 6.45) is 0. The molecule has 2 N–H and O–H groups in total. The second kappa shape index (κ2) is 3.81. The number of carbonyl (C=O) groups is 1. The molecule has 1 aliphatic heterocycles. The monoisotopic (exact) mass is 205 g/mol. The first-order valence-electron chi connectivity index (χ1n) is 5.02. The summed E-state index contributed by atoms with van der Waals surface area (Å²) in [4.78, 5) is 15.3. The lowest BCUT2D eigenvalue weighted by molar-refractivity contribution is -0.129. The highest BCUT2D eigenvalue weighted by molar-refractivity contribution is 5.84. The minimum absolute atomic E-state index is 0.143. The predicted octanol–water partition coefficient (Wildman–Crippen LogP) is 0.547. The zero-order valence-electron chi connectivity index (χ0n) is 8.81. The third-order valence-corrected chi connectivity index (χ3v) is 2.73. The molecule has 4 heteroatoms. The average molecular weight is 205 g/mol. The summed E-state index contributed by atoms with van der Waals surface area (Å²) in [5.74, 6) is 0.143. The highest BCUT2D eigenvalue weighted by Crippen LogP contribution is 2.23. The van der Waals surface area contributed by atoms with Gasteiger partial charge >= 0.3 is 0 Å². The smallest absolute Gasteiger partial charge is 0.241 e. The Morgan fingerprint density at radius 2 is 2.00 bits per heavy atom. The Labute approximate surface area is 89.3 Å². The zero-order chi connectivity index (χ0) is 10.8. The third kappa shape index (κ3) is 1.88. The maximum Gasteiger partial charge on any atom is 0.241 e. The van der Waals surface area contributed by atoms with Crippen LogP contribution in [0.4, 0.5) is 11.4 Å². The van der Waals surface area contributed by atoms with Gasteiger partial charge in [-0.05, 0) is 12.1 Å². The van der Waals surface area contributed by atoms with Gasteiger partial charge in [-0.1, -0.05) is 12.1 Å². The van der Waals surface area contributed by atoms with Gasteiger partial charge in [-0.2, -0.15) is 0 Å². The van der Waals surface area contributed by atoms with E-state index in [4.69, 9.17) is 5.73 Å². The van der Waals surface area contributed by atoms with Gasteiger partial charge in [-0.25, -0.2) is 0 Å². The Kier molecular flexibility index (Phi) is 2.49. The van der Waals surface area contributed by atoms with Gasteiger partial charge in [0, 0.05) is 20.1 Å². The van der Waals surface area contributed by atoms with Crippen LogP contribution in [0.2, 0.25) is 0 Å². The summed E-state index contributed by atoms with van der Waals surface area (Å²) < 4.78 is 0. The first-order valence-corrected chi connectivity index (χ1v) is 5.02. The average Bonchev–Trinajstić information content (AvgIpc) is 2.23. The SMILES string of the molecule is CN1CCN(c2ccccc2N)CC1=O. The summed E-state index contributed by atoms with van der Waals surface area (Å²) in [7, 11) is 1.83. The number of likely N-dealkylation sites (N-methyl/N-ethyl adjacent to an activating group) is 1. The number of rotatable bonds is 1. The fourth-order valence-electron chi connectivity index (χ4n) is 1.74. The van der Waals surface area contributed by atoms with Crippen LogP contribution in [0.25, 0.3) is 0 Å². The summed E-state index contributed by atoms with van der Waals surface area (Å²) in [6.45, 7) is 2.02. The number of hydrogen-bond donors (Lipinski definition) is 1. The molecule has 1 fully saturated rings. The van der Waals surface area contributed by atoms with E-state index < -0.39 is 0 Å². The van der Waals surface area contributed by atoms with Crippen LogP contribution in [-0.4, -0.2) is 37.5 Å². The fourth-order valence-corrected chi connectivity index (χ4v) is 1.74. The second-order valence-corrected chi connectivity index (χ2v) is 3.80. The van der Waals surface area contributed by atoms with Gasteiger partial charge in [0.1, 0.15) is 0 Å². The summed E-state index contributed by atoms with van der Waals surface area (Å²) in [5.41, 5.74) is 7.55. The number of amides is 1. The first-order chi connectivity index (χ1) is 7.18. The van der Waals surface area contributed by atoms with E-state index in [0.717, 1.165) is 24.5 Å². The van der Waals surface area contributed by atoms with Gasteiger partial charge in [0.25, 0.3) is 0 Å². The molecule has 0 radical (unpaired) electrons. The molecule has 0 aliphatic carbocycles. The Morgan fingerprint density at radius 3 is 2.67 bits per heavy atom. The largest absolute Gasteiger partial charge is 0.397 e. The summed E-state index contributed by atoms with van der Waals surface area (Å²) >= 11 is 0. The van der Waals surface area contributed by atoms with Gasteiger partial charge in [-0.3, -0.25) is 4.79 Å². The number of hydrogen-bond acceptors (Lipinski definition) is 3. The van der Waals surface area contributed by atoms with Crippen molar-refractivity contribution in [3.63, 3.8) is 0 Å². The lowest BCUT2D eigenvalue weighted by atomic mass is 10.2. The second-order valence-electron chi connectivity index (χ2n) is 3.80. The molecule has 1 aromatic carbocycles. The molecular formula is C11H15N3O. The van der Waals surface area contributed by atoms with Crippen molar-refractivity contribution < 1.29 is 4.79 Å². The molecule has 1 aromatic rings. The van der Waals surface area contributed by atoms with Crippen molar-refractivity contribution in [2.75, 3.05) is 37.3 Å². The van der Waals surface area contributed by atoms with Crippen molar-refractivity contribution in [2.45, 2.75) is 0 Å². The molecule has 4 nitrogen and oxygen atoms in total. The first kappa shape index (κ1) is 9.83. The minimum Gasteiger partial charge on any atom is -0.397 e. The van der Waals surface area contributed by atoms with Crippen molar-refractivity contribution in [1.82, 2.24) is 4.90 Å². The van der Waals surface area contributed by atoms with Gasteiger partial charge < -0.3 is 15.5 Å². The highest BCUT2D eigenvalue weighted by Gasteiger charge is 2.21. The zero-order valence-corrected chi connectivity index (χ0v) is 8.81. The molecule has 0 saturated carbocycles. The molecule has 80 valence electrons. The van der Waals surface area contributed by atoms with Crippen LogP contribution in [0.5, 0.6) is 0 Å². The molecule has 0 aromatic heterocycles. The third-order valence-electron chi connectivity index (χ3n) is 2.73. The lowest BCUT2D eigenvalue weighted by Gasteiger charge is -2.34. The number of piperazine rings is 1. The lowest BCUT2D eigenvalue weighted by Crippen LogP contribution is -2.48. The van der Waals surface area contributed by atoms with Crippen molar-refractivity contribution in [1.29, 1.82) is 0 Å². The standard InChI is InChI=1S/C11H15N3O/c1-13-6-7-14(8-11(13)15)10-5-3-2-4-9(10)12/h2-5H,6-8,12H2,1H3. The summed E-state index contributed by atoms with van der Waals surface area (Å²) in [6, 6.07) is 7.65. The maximum absolute atomic E-state index is 11.5. The van der Waals surface area contributed by atoms with Gasteiger partial charge in [0.05, 0.1) is 17.9 Å². The Morgan fingerprint density at radius 1 is 1.27 bits per heavy atom. The van der Waals surface area contributed by atoms with Crippen LogP contribution >= 0.6 is 0 Å². The molecule has 15 heavy (non-hydrogen) atoms. The van der Waals surface area contributed by atoms with E-state index in [2.05, 4.69) is 0 Å². The Balaban J connectivity index is 2.19. The van der Waals surface area contributed by atoms with Crippen LogP contribution in [0.3, 0.4) is 0 Å². The normalized spacial score (nSPS) is 17.0. The van der Waals surface area contributed by atoms with E-state index >= 15 is 0 Å². The van der Waals surface area contributed by atoms with E-state index in [1.807, 2.05) is 36.2 Å². The minimum atomic E-state index is 0.143. The summed E-state index contributed by atoms with van der Waals surface area (Å²) in [5, 5.41) is 0. The van der Waals surface area contributed by atoms with Gasteiger partial charge in [-0.15, -0.1) is 0 Å². The van der Waals surface area contributed by atoms with Gasteiger partial charge in [0.15, 0.2) is 0 Å². The number of carbonyl (C=O) groups excluding carboxylic acids is 1. The van der Waals surface area contributed by atoms with Gasteiger partial charge in [0.2, 0.25) is 5.91 Å². The number of anilines is 2. The van der Waals surface area contributed by atoms with E-state index in [-0.39, 0.29) is 5.91 Å². The van der Waals surface area contributed by atoms with E-state index in [9.17, 15) is 4.79 Å². The van der Waals surface area contributed by atoms with Crippen molar-refractivity contribution in [3.05, 3.63) is 24.3 Å². The van der Waals surface area contributed by atoms with Crippen LogP contribution in [0, 0.1) is 0 Å². The van der Waals surface area contributed by atoms with Crippen LogP contribution in [-0.2, 0) is 4.79 Å². The Bertz CT molecular complexity index is 378. The number of nitrogens with two attached hydrogens (primary N) is 1. The number of nitrogens with zero attached hydrogens (tertiary/aromatic N) is 2. The van der Waals surface area contributed by atoms with E-state index in [0.29, 0.717) is 6.54 Å². The number of nitrogen functional groups attached to an aromatic ring is 1. The molecule has 1 heterocycles. The molecule has 1 aliphatic rings. The van der Waals surface area contributed by atoms with Crippen LogP contribution < -0.4 is 10.6 Å². The van der Waals surface area contributed by atoms with E-state index in [1.165, 1.54) is 0 Å². The fraction of sp³-hybridized carbons (Fsp3) is 0.364. The molecule has 1 amide bonds. The molecular weight excluding hydrogens is 190 g/mol. The molecule has 1 saturated heterocycles. The van der Waals surface area contributed by atoms with Crippen molar-refractivity contribution >= 4 is 17.3 Å². The predicted molar refractivity (Wildman–Crippen MR) is 60.7 cm³/mol. The van der Waals surface area contributed by atoms with Crippen LogP contribution in [0.15, 0.2) is 24.3 Å². The molecule has 2 rings (SSSR count). The van der Waals surface area contributed by atoms with Crippen molar-refractivity contribution in [2.24, 2.45) is 0 Å². The maximum atomic E-state index is 11.5. The highest BCUT2D eigenvalue weighted by atomic mass is 16.2.